The van der Waals surface area contributed by atoms with Crippen molar-refractivity contribution in [3.05, 3.63) is 65.7 Å². The summed E-state index contributed by atoms with van der Waals surface area (Å²) in [5, 5.41) is 6.42. The average Bonchev–Trinajstić information content (AvgIpc) is 2.64. The second-order valence-electron chi connectivity index (χ2n) is 5.34. The van der Waals surface area contributed by atoms with Crippen LogP contribution in [0, 0.1) is 0 Å². The molecule has 140 valence electrons. The molecule has 6 nitrogen and oxygen atoms in total. The largest absolute Gasteiger partial charge is 0.492 e. The lowest BCUT2D eigenvalue weighted by Gasteiger charge is -2.12. The normalized spacial score (nSPS) is 10.6. The summed E-state index contributed by atoms with van der Waals surface area (Å²) < 4.78 is 5.64. The van der Waals surface area contributed by atoms with Gasteiger partial charge in [-0.1, -0.05) is 30.3 Å². The first-order valence-electron chi connectivity index (χ1n) is 8.28. The number of nitrogens with two attached hydrogens (primary N) is 1. The van der Waals surface area contributed by atoms with Gasteiger partial charge in [-0.3, -0.25) is 4.79 Å². The SMILES string of the molecule is CCNC(=NCc1ccc(C(N)=O)cc1)NCCOc1ccccc1.I. The number of para-hydroxylation sites is 1. The van der Waals surface area contributed by atoms with Crippen LogP contribution in [0.2, 0.25) is 0 Å². The second kappa shape index (κ2) is 12.1. The Morgan fingerprint density at radius 2 is 1.77 bits per heavy atom. The van der Waals surface area contributed by atoms with Crippen LogP contribution in [-0.2, 0) is 6.54 Å². The van der Waals surface area contributed by atoms with Gasteiger partial charge in [-0.15, -0.1) is 24.0 Å². The third-order valence-corrected chi connectivity index (χ3v) is 3.41. The lowest BCUT2D eigenvalue weighted by molar-refractivity contribution is 0.100. The topological polar surface area (TPSA) is 88.7 Å². The molecule has 2 aromatic rings. The van der Waals surface area contributed by atoms with Gasteiger partial charge in [0.25, 0.3) is 0 Å². The van der Waals surface area contributed by atoms with Gasteiger partial charge < -0.3 is 21.1 Å². The summed E-state index contributed by atoms with van der Waals surface area (Å²) in [5.74, 6) is 1.14. The summed E-state index contributed by atoms with van der Waals surface area (Å²) in [6.45, 7) is 4.47. The molecule has 0 saturated carbocycles. The minimum absolute atomic E-state index is 0. The molecule has 0 aliphatic rings. The van der Waals surface area contributed by atoms with Crippen LogP contribution in [0.4, 0.5) is 0 Å². The number of nitrogens with one attached hydrogen (secondary N) is 2. The van der Waals surface area contributed by atoms with E-state index in [1.165, 1.54) is 0 Å². The van der Waals surface area contributed by atoms with E-state index in [0.717, 1.165) is 23.8 Å². The van der Waals surface area contributed by atoms with Crippen molar-refractivity contribution in [1.82, 2.24) is 10.6 Å². The fourth-order valence-electron chi connectivity index (χ4n) is 2.14. The number of halogens is 1. The number of aliphatic imine (C=N–C) groups is 1. The molecule has 2 rings (SSSR count). The van der Waals surface area contributed by atoms with Crippen LogP contribution >= 0.6 is 24.0 Å². The van der Waals surface area contributed by atoms with Crippen LogP contribution in [0.1, 0.15) is 22.8 Å². The third-order valence-electron chi connectivity index (χ3n) is 3.41. The molecule has 0 bridgehead atoms. The predicted molar refractivity (Wildman–Crippen MR) is 115 cm³/mol. The fourth-order valence-corrected chi connectivity index (χ4v) is 2.14. The van der Waals surface area contributed by atoms with Crippen molar-refractivity contribution in [3.8, 4) is 5.75 Å². The first-order chi connectivity index (χ1) is 12.2. The van der Waals surface area contributed by atoms with E-state index in [2.05, 4.69) is 15.6 Å². The number of carbonyl (C=O) groups excluding carboxylic acids is 1. The Balaban J connectivity index is 0.00000338. The van der Waals surface area contributed by atoms with Gasteiger partial charge in [0, 0.05) is 12.1 Å². The molecule has 1 amide bonds. The van der Waals surface area contributed by atoms with Gasteiger partial charge in [0.1, 0.15) is 12.4 Å². The smallest absolute Gasteiger partial charge is 0.248 e. The molecule has 26 heavy (non-hydrogen) atoms. The lowest BCUT2D eigenvalue weighted by Crippen LogP contribution is -2.39. The Labute approximate surface area is 171 Å². The fraction of sp³-hybridized carbons (Fsp3) is 0.263. The van der Waals surface area contributed by atoms with E-state index in [9.17, 15) is 4.79 Å². The monoisotopic (exact) mass is 468 g/mol. The van der Waals surface area contributed by atoms with Crippen LogP contribution in [0.3, 0.4) is 0 Å². The Hall–Kier alpha value is -2.29. The third kappa shape index (κ3) is 7.73. The highest BCUT2D eigenvalue weighted by atomic mass is 127. The Bertz CT molecular complexity index is 690. The molecule has 0 atom stereocenters. The first-order valence-corrected chi connectivity index (χ1v) is 8.28. The van der Waals surface area contributed by atoms with E-state index in [4.69, 9.17) is 10.5 Å². The van der Waals surface area contributed by atoms with Crippen molar-refractivity contribution in [2.45, 2.75) is 13.5 Å². The van der Waals surface area contributed by atoms with Gasteiger partial charge in [-0.2, -0.15) is 0 Å². The molecule has 7 heteroatoms. The zero-order valence-corrected chi connectivity index (χ0v) is 17.1. The number of nitrogens with zero attached hydrogens (tertiary/aromatic N) is 1. The summed E-state index contributed by atoms with van der Waals surface area (Å²) in [4.78, 5) is 15.6. The molecule has 0 unspecified atom stereocenters. The number of hydrogen-bond donors (Lipinski definition) is 3. The molecule has 0 radical (unpaired) electrons. The molecule has 0 heterocycles. The van der Waals surface area contributed by atoms with Gasteiger partial charge >= 0.3 is 0 Å². The zero-order valence-electron chi connectivity index (χ0n) is 14.8. The number of carbonyl (C=O) groups is 1. The number of ether oxygens (including phenoxy) is 1. The van der Waals surface area contributed by atoms with E-state index < -0.39 is 5.91 Å². The van der Waals surface area contributed by atoms with Crippen molar-refractivity contribution < 1.29 is 9.53 Å². The number of rotatable bonds is 8. The minimum Gasteiger partial charge on any atom is -0.492 e. The highest BCUT2D eigenvalue weighted by molar-refractivity contribution is 14.0. The summed E-state index contributed by atoms with van der Waals surface area (Å²) in [5.41, 5.74) is 6.74. The maximum absolute atomic E-state index is 11.1. The van der Waals surface area contributed by atoms with Gasteiger partial charge in [0.15, 0.2) is 5.96 Å². The minimum atomic E-state index is -0.427. The Morgan fingerprint density at radius 1 is 1.08 bits per heavy atom. The van der Waals surface area contributed by atoms with Crippen LogP contribution in [-0.4, -0.2) is 31.6 Å². The number of benzene rings is 2. The van der Waals surface area contributed by atoms with Gasteiger partial charge in [0.05, 0.1) is 13.1 Å². The van der Waals surface area contributed by atoms with Crippen LogP contribution < -0.4 is 21.1 Å². The molecule has 2 aromatic carbocycles. The highest BCUT2D eigenvalue weighted by Crippen LogP contribution is 2.07. The van der Waals surface area contributed by atoms with E-state index in [1.807, 2.05) is 49.4 Å². The zero-order chi connectivity index (χ0) is 17.9. The summed E-state index contributed by atoms with van der Waals surface area (Å²) in [6.07, 6.45) is 0. The van der Waals surface area contributed by atoms with Gasteiger partial charge in [-0.25, -0.2) is 4.99 Å². The van der Waals surface area contributed by atoms with E-state index >= 15 is 0 Å². The molecular formula is C19H25IN4O2. The molecule has 4 N–H and O–H groups in total. The quantitative estimate of drug-likeness (QED) is 0.241. The molecule has 0 aliphatic carbocycles. The summed E-state index contributed by atoms with van der Waals surface area (Å²) >= 11 is 0. The number of amides is 1. The number of primary amides is 1. The molecule has 0 fully saturated rings. The van der Waals surface area contributed by atoms with Crippen LogP contribution in [0.25, 0.3) is 0 Å². The van der Waals surface area contributed by atoms with Crippen molar-refractivity contribution in [3.63, 3.8) is 0 Å². The molecule has 0 saturated heterocycles. The lowest BCUT2D eigenvalue weighted by atomic mass is 10.1. The molecular weight excluding hydrogens is 443 g/mol. The van der Waals surface area contributed by atoms with Gasteiger partial charge in [0.2, 0.25) is 5.91 Å². The molecule has 0 spiro atoms. The van der Waals surface area contributed by atoms with Crippen LogP contribution in [0.15, 0.2) is 59.6 Å². The summed E-state index contributed by atoms with van der Waals surface area (Å²) in [7, 11) is 0. The highest BCUT2D eigenvalue weighted by Gasteiger charge is 2.01. The maximum atomic E-state index is 11.1. The van der Waals surface area contributed by atoms with Crippen molar-refractivity contribution in [2.75, 3.05) is 19.7 Å². The first kappa shape index (κ1) is 21.8. The van der Waals surface area contributed by atoms with Crippen LogP contribution in [0.5, 0.6) is 5.75 Å². The van der Waals surface area contributed by atoms with E-state index in [1.54, 1.807) is 12.1 Å². The van der Waals surface area contributed by atoms with Crippen molar-refractivity contribution in [2.24, 2.45) is 10.7 Å². The van der Waals surface area contributed by atoms with Crippen molar-refractivity contribution in [1.29, 1.82) is 0 Å². The second-order valence-corrected chi connectivity index (χ2v) is 5.34. The maximum Gasteiger partial charge on any atom is 0.248 e. The molecule has 0 aliphatic heterocycles. The van der Waals surface area contributed by atoms with E-state index in [-0.39, 0.29) is 24.0 Å². The number of guanidine groups is 1. The summed E-state index contributed by atoms with van der Waals surface area (Å²) in [6, 6.07) is 16.8. The Kier molecular flexibility index (Phi) is 10.1. The predicted octanol–water partition coefficient (Wildman–Crippen LogP) is 2.54. The molecule has 0 aromatic heterocycles. The van der Waals surface area contributed by atoms with Crippen molar-refractivity contribution >= 4 is 35.8 Å². The van der Waals surface area contributed by atoms with Gasteiger partial charge in [-0.05, 0) is 36.8 Å². The number of hydrogen-bond acceptors (Lipinski definition) is 3. The average molecular weight is 468 g/mol. The van der Waals surface area contributed by atoms with E-state index in [0.29, 0.717) is 25.3 Å². The standard InChI is InChI=1S/C19H24N4O2.HI/c1-2-21-19(22-12-13-25-17-6-4-3-5-7-17)23-14-15-8-10-16(11-9-15)18(20)24;/h3-11H,2,12-14H2,1H3,(H2,20,24)(H2,21,22,23);1H. The Morgan fingerprint density at radius 3 is 2.38 bits per heavy atom.